The molecule has 0 atom stereocenters. The topological polar surface area (TPSA) is 43.4 Å². The second-order valence-electron chi connectivity index (χ2n) is 2.73. The van der Waals surface area contributed by atoms with Gasteiger partial charge < -0.3 is 9.53 Å². The van der Waals surface area contributed by atoms with Gasteiger partial charge in [-0.1, -0.05) is 12.2 Å². The number of hydrogen-bond acceptors (Lipinski definition) is 3. The summed E-state index contributed by atoms with van der Waals surface area (Å²) in [6.07, 6.45) is 8.24. The Morgan fingerprint density at radius 1 is 1.23 bits per heavy atom. The van der Waals surface area contributed by atoms with Crippen LogP contribution in [0.3, 0.4) is 0 Å². The summed E-state index contributed by atoms with van der Waals surface area (Å²) < 4.78 is 4.69. The van der Waals surface area contributed by atoms with E-state index >= 15 is 0 Å². The molecular weight excluding hydrogens is 168 g/mol. The molecule has 0 aromatic carbocycles. The van der Waals surface area contributed by atoms with Gasteiger partial charge in [0.05, 0.1) is 0 Å². The lowest BCUT2D eigenvalue weighted by atomic mass is 10.2. The Kier molecular flexibility index (Phi) is 8.20. The predicted molar refractivity (Wildman–Crippen MR) is 50.3 cm³/mol. The van der Waals surface area contributed by atoms with Gasteiger partial charge in [0, 0.05) is 13.3 Å². The van der Waals surface area contributed by atoms with E-state index in [0.717, 1.165) is 25.5 Å². The van der Waals surface area contributed by atoms with Crippen molar-refractivity contribution in [3.05, 3.63) is 12.2 Å². The summed E-state index contributed by atoms with van der Waals surface area (Å²) in [5.74, 6) is -0.259. The second kappa shape index (κ2) is 8.97. The summed E-state index contributed by atoms with van der Waals surface area (Å²) in [6.45, 7) is 1.74. The molecular formula is C10H16O3. The van der Waals surface area contributed by atoms with Crippen LogP contribution >= 0.6 is 0 Å². The highest BCUT2D eigenvalue weighted by Gasteiger charge is 1.87. The molecule has 0 aliphatic heterocycles. The molecule has 0 amide bonds. The first kappa shape index (κ1) is 11.9. The van der Waals surface area contributed by atoms with Gasteiger partial charge in [-0.3, -0.25) is 4.79 Å². The van der Waals surface area contributed by atoms with Gasteiger partial charge in [0.1, 0.15) is 12.9 Å². The first-order chi connectivity index (χ1) is 6.27. The van der Waals surface area contributed by atoms with Crippen LogP contribution in [0.25, 0.3) is 0 Å². The Hall–Kier alpha value is -1.12. The Labute approximate surface area is 78.8 Å². The third-order valence-electron chi connectivity index (χ3n) is 1.49. The zero-order valence-electron chi connectivity index (χ0n) is 7.99. The van der Waals surface area contributed by atoms with Crippen molar-refractivity contribution in [1.82, 2.24) is 0 Å². The maximum absolute atomic E-state index is 10.3. The molecule has 74 valence electrons. The van der Waals surface area contributed by atoms with Crippen LogP contribution in [-0.2, 0) is 14.3 Å². The number of hydrogen-bond donors (Lipinski definition) is 0. The van der Waals surface area contributed by atoms with Crippen molar-refractivity contribution in [3.63, 3.8) is 0 Å². The van der Waals surface area contributed by atoms with E-state index in [9.17, 15) is 9.59 Å². The number of rotatable bonds is 7. The number of ether oxygens (including phenoxy) is 1. The molecule has 0 saturated heterocycles. The summed E-state index contributed by atoms with van der Waals surface area (Å²) in [5, 5.41) is 0. The van der Waals surface area contributed by atoms with E-state index in [2.05, 4.69) is 4.74 Å². The van der Waals surface area contributed by atoms with Crippen molar-refractivity contribution in [2.24, 2.45) is 0 Å². The Balaban J connectivity index is 3.12. The Morgan fingerprint density at radius 3 is 2.54 bits per heavy atom. The first-order valence-corrected chi connectivity index (χ1v) is 4.49. The molecule has 0 fully saturated rings. The van der Waals surface area contributed by atoms with Crippen LogP contribution in [0.5, 0.6) is 0 Å². The minimum atomic E-state index is -0.259. The largest absolute Gasteiger partial charge is 0.462 e. The number of allylic oxidation sites excluding steroid dienone is 1. The zero-order chi connectivity index (χ0) is 9.94. The Bertz CT molecular complexity index is 173. The molecule has 3 heteroatoms. The second-order valence-corrected chi connectivity index (χ2v) is 2.73. The molecule has 0 N–H and O–H groups in total. The standard InChI is InChI=1S/C10H16O3/c1-10(12)13-9-7-5-3-2-4-6-8-11/h5,7-8H,2-4,6,9H2,1H3/b7-5+. The third-order valence-corrected chi connectivity index (χ3v) is 1.49. The van der Waals surface area contributed by atoms with E-state index < -0.39 is 0 Å². The number of esters is 1. The number of carbonyl (C=O) groups excluding carboxylic acids is 2. The van der Waals surface area contributed by atoms with Crippen molar-refractivity contribution < 1.29 is 14.3 Å². The van der Waals surface area contributed by atoms with E-state index in [1.807, 2.05) is 12.2 Å². The maximum atomic E-state index is 10.3. The average Bonchev–Trinajstić information content (AvgIpc) is 2.09. The lowest BCUT2D eigenvalue weighted by molar-refractivity contribution is -0.139. The summed E-state index contributed by atoms with van der Waals surface area (Å²) in [6, 6.07) is 0. The Morgan fingerprint density at radius 2 is 1.92 bits per heavy atom. The van der Waals surface area contributed by atoms with E-state index in [1.54, 1.807) is 0 Å². The SMILES string of the molecule is CC(=O)OC/C=C/CCCCC=O. The van der Waals surface area contributed by atoms with E-state index in [-0.39, 0.29) is 5.97 Å². The van der Waals surface area contributed by atoms with Crippen molar-refractivity contribution in [2.45, 2.75) is 32.6 Å². The van der Waals surface area contributed by atoms with Gasteiger partial charge in [-0.2, -0.15) is 0 Å². The third kappa shape index (κ3) is 10.9. The van der Waals surface area contributed by atoms with Crippen LogP contribution < -0.4 is 0 Å². The zero-order valence-corrected chi connectivity index (χ0v) is 7.99. The van der Waals surface area contributed by atoms with E-state index in [4.69, 9.17) is 0 Å². The van der Waals surface area contributed by atoms with E-state index in [0.29, 0.717) is 13.0 Å². The maximum Gasteiger partial charge on any atom is 0.302 e. The molecule has 3 nitrogen and oxygen atoms in total. The van der Waals surface area contributed by atoms with Crippen LogP contribution in [0.15, 0.2) is 12.2 Å². The molecule has 0 rings (SSSR count). The molecule has 0 aromatic heterocycles. The molecule has 0 aliphatic carbocycles. The minimum absolute atomic E-state index is 0.259. The summed E-state index contributed by atoms with van der Waals surface area (Å²) >= 11 is 0. The average molecular weight is 184 g/mol. The summed E-state index contributed by atoms with van der Waals surface area (Å²) in [7, 11) is 0. The summed E-state index contributed by atoms with van der Waals surface area (Å²) in [5.41, 5.74) is 0. The molecule has 0 spiro atoms. The molecule has 0 aromatic rings. The predicted octanol–water partition coefficient (Wildman–Crippen LogP) is 1.86. The van der Waals surface area contributed by atoms with Crippen LogP contribution in [-0.4, -0.2) is 18.9 Å². The molecule has 0 aliphatic rings. The highest BCUT2D eigenvalue weighted by Crippen LogP contribution is 1.98. The van der Waals surface area contributed by atoms with Gasteiger partial charge in [-0.25, -0.2) is 0 Å². The molecule has 0 saturated carbocycles. The van der Waals surface area contributed by atoms with Crippen molar-refractivity contribution in [2.75, 3.05) is 6.61 Å². The molecule has 0 heterocycles. The molecule has 0 unspecified atom stereocenters. The van der Waals surface area contributed by atoms with E-state index in [1.165, 1.54) is 6.92 Å². The fourth-order valence-electron chi connectivity index (χ4n) is 0.841. The normalized spacial score (nSPS) is 10.2. The fraction of sp³-hybridized carbons (Fsp3) is 0.600. The van der Waals surface area contributed by atoms with Gasteiger partial charge in [0.2, 0.25) is 0 Å². The minimum Gasteiger partial charge on any atom is -0.462 e. The van der Waals surface area contributed by atoms with Crippen molar-refractivity contribution in [3.8, 4) is 0 Å². The van der Waals surface area contributed by atoms with Crippen LogP contribution in [0.2, 0.25) is 0 Å². The van der Waals surface area contributed by atoms with Gasteiger partial charge in [0.15, 0.2) is 0 Å². The van der Waals surface area contributed by atoms with Crippen LogP contribution in [0.4, 0.5) is 0 Å². The van der Waals surface area contributed by atoms with Crippen LogP contribution in [0, 0.1) is 0 Å². The van der Waals surface area contributed by atoms with Gasteiger partial charge in [-0.05, 0) is 19.3 Å². The monoisotopic (exact) mass is 184 g/mol. The quantitative estimate of drug-likeness (QED) is 0.262. The molecule has 0 radical (unpaired) electrons. The van der Waals surface area contributed by atoms with Gasteiger partial charge in [-0.15, -0.1) is 0 Å². The summed E-state index contributed by atoms with van der Waals surface area (Å²) in [4.78, 5) is 20.3. The van der Waals surface area contributed by atoms with Crippen molar-refractivity contribution >= 4 is 12.3 Å². The highest BCUT2D eigenvalue weighted by molar-refractivity contribution is 5.65. The lowest BCUT2D eigenvalue weighted by Crippen LogP contribution is -1.97. The smallest absolute Gasteiger partial charge is 0.302 e. The van der Waals surface area contributed by atoms with Gasteiger partial charge in [0.25, 0.3) is 0 Å². The molecule has 13 heavy (non-hydrogen) atoms. The first-order valence-electron chi connectivity index (χ1n) is 4.49. The van der Waals surface area contributed by atoms with Gasteiger partial charge >= 0.3 is 5.97 Å². The number of carbonyl (C=O) groups is 2. The lowest BCUT2D eigenvalue weighted by Gasteiger charge is -1.94. The fourth-order valence-corrected chi connectivity index (χ4v) is 0.841. The number of aldehydes is 1. The van der Waals surface area contributed by atoms with Crippen molar-refractivity contribution in [1.29, 1.82) is 0 Å². The van der Waals surface area contributed by atoms with Crippen LogP contribution in [0.1, 0.15) is 32.6 Å². The number of unbranched alkanes of at least 4 members (excludes halogenated alkanes) is 3. The highest BCUT2D eigenvalue weighted by atomic mass is 16.5. The molecule has 0 bridgehead atoms.